The van der Waals surface area contributed by atoms with E-state index < -0.39 is 30.4 Å². The molecule has 0 radical (unpaired) electrons. The zero-order valence-electron chi connectivity index (χ0n) is 15.8. The van der Waals surface area contributed by atoms with E-state index >= 15 is 0 Å². The number of rotatable bonds is 8. The van der Waals surface area contributed by atoms with E-state index in [4.69, 9.17) is 4.74 Å². The molecule has 0 bridgehead atoms. The van der Waals surface area contributed by atoms with Gasteiger partial charge in [-0.05, 0) is 35.7 Å². The van der Waals surface area contributed by atoms with Crippen LogP contribution in [0.25, 0.3) is 0 Å². The highest BCUT2D eigenvalue weighted by atomic mass is 19.1. The van der Waals surface area contributed by atoms with Crippen molar-refractivity contribution >= 4 is 17.8 Å². The van der Waals surface area contributed by atoms with Gasteiger partial charge in [-0.1, -0.05) is 44.2 Å². The number of esters is 1. The first kappa shape index (κ1) is 21.1. The van der Waals surface area contributed by atoms with Crippen LogP contribution >= 0.6 is 0 Å². The van der Waals surface area contributed by atoms with Gasteiger partial charge < -0.3 is 15.4 Å². The third-order valence-corrected chi connectivity index (χ3v) is 3.99. The topological polar surface area (TPSA) is 84.5 Å². The largest absolute Gasteiger partial charge is 0.454 e. The third kappa shape index (κ3) is 6.50. The summed E-state index contributed by atoms with van der Waals surface area (Å²) in [6.45, 7) is 3.26. The van der Waals surface area contributed by atoms with Gasteiger partial charge in [0.05, 0.1) is 0 Å². The van der Waals surface area contributed by atoms with Crippen molar-refractivity contribution in [2.24, 2.45) is 5.92 Å². The molecule has 0 aliphatic carbocycles. The number of nitrogens with one attached hydrogen (secondary N) is 2. The van der Waals surface area contributed by atoms with E-state index in [1.165, 1.54) is 12.1 Å². The van der Waals surface area contributed by atoms with Gasteiger partial charge >= 0.3 is 5.97 Å². The number of hydrogen-bond donors (Lipinski definition) is 2. The first-order valence-corrected chi connectivity index (χ1v) is 8.90. The van der Waals surface area contributed by atoms with Crippen molar-refractivity contribution in [1.82, 2.24) is 10.6 Å². The molecule has 148 valence electrons. The van der Waals surface area contributed by atoms with Crippen LogP contribution in [0.4, 0.5) is 4.39 Å². The van der Waals surface area contributed by atoms with E-state index in [2.05, 4.69) is 10.6 Å². The Kier molecular flexibility index (Phi) is 7.68. The van der Waals surface area contributed by atoms with Crippen molar-refractivity contribution < 1.29 is 23.5 Å². The second kappa shape index (κ2) is 10.2. The fraction of sp³-hybridized carbons (Fsp3) is 0.286. The van der Waals surface area contributed by atoms with Gasteiger partial charge in [0.1, 0.15) is 11.9 Å². The molecule has 1 atom stereocenters. The monoisotopic (exact) mass is 386 g/mol. The Labute approximate surface area is 163 Å². The summed E-state index contributed by atoms with van der Waals surface area (Å²) in [6, 6.07) is 13.3. The molecule has 0 heterocycles. The number of ether oxygens (including phenoxy) is 1. The number of hydrogen-bond acceptors (Lipinski definition) is 4. The SMILES string of the molecule is CC(C)[C@H](NC(=O)c1ccccc1)C(=O)OCC(=O)NCc1ccc(F)cc1. The van der Waals surface area contributed by atoms with Gasteiger partial charge in [-0.15, -0.1) is 0 Å². The maximum Gasteiger partial charge on any atom is 0.329 e. The van der Waals surface area contributed by atoms with E-state index in [1.54, 1.807) is 56.3 Å². The Hall–Kier alpha value is -3.22. The number of amides is 2. The van der Waals surface area contributed by atoms with Crippen molar-refractivity contribution in [2.75, 3.05) is 6.61 Å². The lowest BCUT2D eigenvalue weighted by atomic mass is 10.0. The fourth-order valence-electron chi connectivity index (χ4n) is 2.39. The van der Waals surface area contributed by atoms with Crippen molar-refractivity contribution in [3.05, 3.63) is 71.5 Å². The average molecular weight is 386 g/mol. The second-order valence-corrected chi connectivity index (χ2v) is 6.57. The van der Waals surface area contributed by atoms with Crippen LogP contribution < -0.4 is 10.6 Å². The molecular weight excluding hydrogens is 363 g/mol. The Morgan fingerprint density at radius 3 is 2.25 bits per heavy atom. The van der Waals surface area contributed by atoms with Crippen LogP contribution in [0.5, 0.6) is 0 Å². The number of halogens is 1. The van der Waals surface area contributed by atoms with Gasteiger partial charge in [0.2, 0.25) is 0 Å². The van der Waals surface area contributed by atoms with Crippen LogP contribution in [0, 0.1) is 11.7 Å². The minimum absolute atomic E-state index is 0.190. The predicted molar refractivity (Wildman–Crippen MR) is 102 cm³/mol. The van der Waals surface area contributed by atoms with E-state index in [-0.39, 0.29) is 18.3 Å². The third-order valence-electron chi connectivity index (χ3n) is 3.99. The minimum Gasteiger partial charge on any atom is -0.454 e. The molecule has 0 spiro atoms. The average Bonchev–Trinajstić information content (AvgIpc) is 2.70. The molecule has 0 fully saturated rings. The van der Waals surface area contributed by atoms with Crippen LogP contribution in [0.2, 0.25) is 0 Å². The van der Waals surface area contributed by atoms with Gasteiger partial charge in [0, 0.05) is 12.1 Å². The molecule has 2 aromatic rings. The summed E-state index contributed by atoms with van der Waals surface area (Å²) in [6.07, 6.45) is 0. The normalized spacial score (nSPS) is 11.6. The molecule has 2 amide bonds. The number of benzene rings is 2. The number of carbonyl (C=O) groups is 3. The van der Waals surface area contributed by atoms with Crippen molar-refractivity contribution in [3.8, 4) is 0 Å². The molecule has 2 aromatic carbocycles. The highest BCUT2D eigenvalue weighted by molar-refractivity contribution is 5.97. The summed E-state index contributed by atoms with van der Waals surface area (Å²) in [7, 11) is 0. The lowest BCUT2D eigenvalue weighted by molar-refractivity contribution is -0.151. The summed E-state index contributed by atoms with van der Waals surface area (Å²) in [5.41, 5.74) is 1.15. The zero-order valence-corrected chi connectivity index (χ0v) is 15.8. The molecule has 0 aliphatic heterocycles. The second-order valence-electron chi connectivity index (χ2n) is 6.57. The lowest BCUT2D eigenvalue weighted by Crippen LogP contribution is -2.46. The Morgan fingerprint density at radius 1 is 1.00 bits per heavy atom. The van der Waals surface area contributed by atoms with Crippen LogP contribution in [-0.4, -0.2) is 30.4 Å². The maximum absolute atomic E-state index is 12.9. The van der Waals surface area contributed by atoms with Gasteiger partial charge in [-0.3, -0.25) is 9.59 Å². The molecule has 2 N–H and O–H groups in total. The molecule has 28 heavy (non-hydrogen) atoms. The van der Waals surface area contributed by atoms with Crippen LogP contribution in [0.1, 0.15) is 29.8 Å². The highest BCUT2D eigenvalue weighted by Crippen LogP contribution is 2.07. The van der Waals surface area contributed by atoms with Crippen LogP contribution in [0.15, 0.2) is 54.6 Å². The van der Waals surface area contributed by atoms with E-state index in [0.29, 0.717) is 5.56 Å². The lowest BCUT2D eigenvalue weighted by Gasteiger charge is -2.20. The van der Waals surface area contributed by atoms with Gasteiger partial charge in [-0.25, -0.2) is 9.18 Å². The van der Waals surface area contributed by atoms with Crippen molar-refractivity contribution in [3.63, 3.8) is 0 Å². The fourth-order valence-corrected chi connectivity index (χ4v) is 2.39. The molecule has 0 saturated heterocycles. The Bertz CT molecular complexity index is 807. The molecule has 7 heteroatoms. The molecule has 6 nitrogen and oxygen atoms in total. The Balaban J connectivity index is 1.83. The van der Waals surface area contributed by atoms with Crippen LogP contribution in [-0.2, 0) is 20.9 Å². The highest BCUT2D eigenvalue weighted by Gasteiger charge is 2.26. The molecular formula is C21H23FN2O4. The van der Waals surface area contributed by atoms with Gasteiger partial charge in [0.15, 0.2) is 6.61 Å². The first-order valence-electron chi connectivity index (χ1n) is 8.90. The summed E-state index contributed by atoms with van der Waals surface area (Å²) < 4.78 is 17.9. The first-order chi connectivity index (χ1) is 13.4. The summed E-state index contributed by atoms with van der Waals surface area (Å²) >= 11 is 0. The summed E-state index contributed by atoms with van der Waals surface area (Å²) in [4.78, 5) is 36.4. The quantitative estimate of drug-likeness (QED) is 0.683. The van der Waals surface area contributed by atoms with Crippen LogP contribution in [0.3, 0.4) is 0 Å². The van der Waals surface area contributed by atoms with Gasteiger partial charge in [-0.2, -0.15) is 0 Å². The summed E-state index contributed by atoms with van der Waals surface area (Å²) in [5.74, 6) is -2.15. The smallest absolute Gasteiger partial charge is 0.329 e. The summed E-state index contributed by atoms with van der Waals surface area (Å²) in [5, 5.41) is 5.22. The molecule has 0 saturated carbocycles. The van der Waals surface area contributed by atoms with E-state index in [1.807, 2.05) is 0 Å². The standard InChI is InChI=1S/C21H23FN2O4/c1-14(2)19(24-20(26)16-6-4-3-5-7-16)21(27)28-13-18(25)23-12-15-8-10-17(22)11-9-15/h3-11,14,19H,12-13H2,1-2H3,(H,23,25)(H,24,26)/t19-/m0/s1. The molecule has 0 aromatic heterocycles. The number of carbonyl (C=O) groups excluding carboxylic acids is 3. The minimum atomic E-state index is -0.877. The predicted octanol–water partition coefficient (Wildman–Crippen LogP) is 2.44. The van der Waals surface area contributed by atoms with Gasteiger partial charge in [0.25, 0.3) is 11.8 Å². The zero-order chi connectivity index (χ0) is 20.5. The van der Waals surface area contributed by atoms with E-state index in [0.717, 1.165) is 5.56 Å². The molecule has 2 rings (SSSR count). The van der Waals surface area contributed by atoms with Crippen molar-refractivity contribution in [1.29, 1.82) is 0 Å². The molecule has 0 unspecified atom stereocenters. The maximum atomic E-state index is 12.9. The molecule has 0 aliphatic rings. The van der Waals surface area contributed by atoms with Crippen molar-refractivity contribution in [2.45, 2.75) is 26.4 Å². The Morgan fingerprint density at radius 2 is 1.64 bits per heavy atom. The van der Waals surface area contributed by atoms with E-state index in [9.17, 15) is 18.8 Å².